The van der Waals surface area contributed by atoms with Crippen LogP contribution in [0.2, 0.25) is 0 Å². The van der Waals surface area contributed by atoms with Gasteiger partial charge in [-0.15, -0.1) is 5.23 Å². The van der Waals surface area contributed by atoms with Crippen LogP contribution in [-0.2, 0) is 0 Å². The first-order valence-electron chi connectivity index (χ1n) is 4.54. The maximum Gasteiger partial charge on any atom is 0.364 e. The number of rotatable bonds is 2. The predicted octanol–water partition coefficient (Wildman–Crippen LogP) is 0.460. The third kappa shape index (κ3) is 1.77. The first-order chi connectivity index (χ1) is 8.04. The summed E-state index contributed by atoms with van der Waals surface area (Å²) < 4.78 is 9.67. The van der Waals surface area contributed by atoms with Crippen LogP contribution in [0.1, 0.15) is 0 Å². The standard InChI is InChI=1S/C10H9NO6/c1-16-5-2-3-7-6(4-5)9(12)8(11(14)15)10(13)17-7/h2-4,12,14-15H,1H3/p-1. The Morgan fingerprint density at radius 1 is 1.41 bits per heavy atom. The van der Waals surface area contributed by atoms with Gasteiger partial charge in [-0.25, -0.2) is 4.79 Å². The fourth-order valence-electron chi connectivity index (χ4n) is 1.44. The van der Waals surface area contributed by atoms with Gasteiger partial charge in [-0.05, 0) is 18.2 Å². The molecule has 2 aromatic rings. The Hall–Kier alpha value is -2.25. The Morgan fingerprint density at radius 3 is 2.71 bits per heavy atom. The molecule has 7 nitrogen and oxygen atoms in total. The Morgan fingerprint density at radius 2 is 2.12 bits per heavy atom. The molecule has 0 fully saturated rings. The minimum absolute atomic E-state index is 0.0204. The lowest BCUT2D eigenvalue weighted by atomic mass is 10.2. The normalized spacial score (nSPS) is 10.5. The lowest BCUT2D eigenvalue weighted by Gasteiger charge is -2.17. The molecule has 0 unspecified atom stereocenters. The number of hydrogen-bond donors (Lipinski definition) is 2. The molecule has 0 aliphatic carbocycles. The van der Waals surface area contributed by atoms with Gasteiger partial charge < -0.3 is 14.3 Å². The summed E-state index contributed by atoms with van der Waals surface area (Å²) in [6.45, 7) is 0. The zero-order valence-corrected chi connectivity index (χ0v) is 8.71. The van der Waals surface area contributed by atoms with E-state index in [0.717, 1.165) is 0 Å². The van der Waals surface area contributed by atoms with Gasteiger partial charge in [0.25, 0.3) is 0 Å². The van der Waals surface area contributed by atoms with E-state index in [-0.39, 0.29) is 11.0 Å². The van der Waals surface area contributed by atoms with Crippen molar-refractivity contribution in [2.75, 3.05) is 12.3 Å². The van der Waals surface area contributed by atoms with E-state index in [0.29, 0.717) is 5.75 Å². The number of nitrogens with zero attached hydrogens (tertiary/aromatic N) is 1. The van der Waals surface area contributed by atoms with Crippen molar-refractivity contribution < 1.29 is 24.7 Å². The van der Waals surface area contributed by atoms with Crippen molar-refractivity contribution in [2.45, 2.75) is 0 Å². The zero-order valence-electron chi connectivity index (χ0n) is 8.71. The Kier molecular flexibility index (Phi) is 2.62. The highest BCUT2D eigenvalue weighted by Gasteiger charge is 2.12. The molecule has 17 heavy (non-hydrogen) atoms. The molecule has 0 spiro atoms. The highest BCUT2D eigenvalue weighted by molar-refractivity contribution is 5.88. The van der Waals surface area contributed by atoms with Crippen LogP contribution < -0.4 is 20.7 Å². The van der Waals surface area contributed by atoms with Crippen LogP contribution in [0.5, 0.6) is 11.5 Å². The van der Waals surface area contributed by atoms with Crippen LogP contribution >= 0.6 is 0 Å². The van der Waals surface area contributed by atoms with Gasteiger partial charge in [0.15, 0.2) is 5.69 Å². The van der Waals surface area contributed by atoms with E-state index in [9.17, 15) is 9.90 Å². The van der Waals surface area contributed by atoms with Gasteiger partial charge in [0, 0.05) is 5.39 Å². The number of ether oxygens (including phenoxy) is 1. The number of methoxy groups -OCH3 is 1. The minimum Gasteiger partial charge on any atom is -0.870 e. The molecule has 2 rings (SSSR count). The number of benzene rings is 1. The molecular weight excluding hydrogens is 230 g/mol. The van der Waals surface area contributed by atoms with Gasteiger partial charge in [-0.1, -0.05) is 5.75 Å². The van der Waals surface area contributed by atoms with Gasteiger partial charge in [-0.2, -0.15) is 0 Å². The van der Waals surface area contributed by atoms with Crippen LogP contribution in [0.3, 0.4) is 0 Å². The van der Waals surface area contributed by atoms with Gasteiger partial charge >= 0.3 is 5.63 Å². The number of fused-ring (bicyclic) bond motifs is 1. The summed E-state index contributed by atoms with van der Waals surface area (Å²) in [5, 5.41) is 28.8. The first kappa shape index (κ1) is 11.2. The summed E-state index contributed by atoms with van der Waals surface area (Å²) in [4.78, 5) is 11.3. The molecule has 0 radical (unpaired) electrons. The molecule has 2 N–H and O–H groups in total. The van der Waals surface area contributed by atoms with Crippen LogP contribution in [0.25, 0.3) is 11.0 Å². The molecule has 0 amide bonds. The molecule has 90 valence electrons. The van der Waals surface area contributed by atoms with Crippen molar-refractivity contribution in [3.05, 3.63) is 28.6 Å². The fraction of sp³-hybridized carbons (Fsp3) is 0.100. The predicted molar refractivity (Wildman–Crippen MR) is 54.5 cm³/mol. The van der Waals surface area contributed by atoms with E-state index in [2.05, 4.69) is 0 Å². The van der Waals surface area contributed by atoms with E-state index >= 15 is 0 Å². The maximum absolute atomic E-state index is 11.8. The van der Waals surface area contributed by atoms with Gasteiger partial charge in [-0.3, -0.25) is 10.4 Å². The van der Waals surface area contributed by atoms with Crippen LogP contribution in [0.15, 0.2) is 27.4 Å². The Labute approximate surface area is 94.6 Å². The van der Waals surface area contributed by atoms with Gasteiger partial charge in [0.1, 0.15) is 11.3 Å². The van der Waals surface area contributed by atoms with Gasteiger partial charge in [0.05, 0.1) is 7.11 Å². The molecule has 1 heterocycles. The van der Waals surface area contributed by atoms with E-state index in [4.69, 9.17) is 19.6 Å². The molecule has 7 heteroatoms. The molecule has 1 aromatic heterocycles. The third-order valence-electron chi connectivity index (χ3n) is 2.24. The topological polar surface area (TPSA) is 106 Å². The first-order valence-corrected chi connectivity index (χ1v) is 4.54. The van der Waals surface area contributed by atoms with Gasteiger partial charge in [0.2, 0.25) is 0 Å². The quantitative estimate of drug-likeness (QED) is 0.578. The average Bonchev–Trinajstić information content (AvgIpc) is 2.28. The molecule has 1 aromatic carbocycles. The van der Waals surface area contributed by atoms with E-state index in [1.165, 1.54) is 25.3 Å². The molecule has 0 saturated heterocycles. The van der Waals surface area contributed by atoms with E-state index in [1.807, 2.05) is 0 Å². The number of anilines is 1. The second-order valence-electron chi connectivity index (χ2n) is 3.22. The lowest BCUT2D eigenvalue weighted by molar-refractivity contribution is -0.266. The summed E-state index contributed by atoms with van der Waals surface area (Å²) >= 11 is 0. The Bertz CT molecular complexity index is 618. The second kappa shape index (κ2) is 3.96. The third-order valence-corrected chi connectivity index (χ3v) is 2.24. The molecule has 0 bridgehead atoms. The van der Waals surface area contributed by atoms with Crippen molar-refractivity contribution >= 4 is 16.7 Å². The zero-order chi connectivity index (χ0) is 12.6. The van der Waals surface area contributed by atoms with Crippen LogP contribution in [0, 0.1) is 0 Å². The highest BCUT2D eigenvalue weighted by Crippen LogP contribution is 2.30. The second-order valence-corrected chi connectivity index (χ2v) is 3.22. The van der Waals surface area contributed by atoms with Crippen molar-refractivity contribution in [1.29, 1.82) is 0 Å². The fourth-order valence-corrected chi connectivity index (χ4v) is 1.44. The SMILES string of the molecule is COc1ccc2oc(=O)c(N(O)O)c([O-])c2c1. The van der Waals surface area contributed by atoms with E-state index in [1.54, 1.807) is 0 Å². The van der Waals surface area contributed by atoms with E-state index < -0.39 is 22.3 Å². The van der Waals surface area contributed by atoms with Crippen molar-refractivity contribution in [2.24, 2.45) is 0 Å². The monoisotopic (exact) mass is 238 g/mol. The smallest absolute Gasteiger partial charge is 0.364 e. The molecule has 0 saturated carbocycles. The van der Waals surface area contributed by atoms with Crippen molar-refractivity contribution in [3.8, 4) is 11.5 Å². The summed E-state index contributed by atoms with van der Waals surface area (Å²) in [7, 11) is 1.41. The Balaban J connectivity index is 2.84. The molecular formula is C10H8NO6-. The summed E-state index contributed by atoms with van der Waals surface area (Å²) in [5.74, 6) is -0.461. The average molecular weight is 238 g/mol. The summed E-state index contributed by atoms with van der Waals surface area (Å²) in [6.07, 6.45) is 0. The highest BCUT2D eigenvalue weighted by atomic mass is 16.8. The number of hydrogen-bond acceptors (Lipinski definition) is 7. The van der Waals surface area contributed by atoms with Crippen molar-refractivity contribution in [1.82, 2.24) is 0 Å². The minimum atomic E-state index is -1.13. The molecule has 0 atom stereocenters. The maximum atomic E-state index is 11.8. The summed E-state index contributed by atoms with van der Waals surface area (Å²) in [6, 6.07) is 4.24. The lowest BCUT2D eigenvalue weighted by Crippen LogP contribution is -2.21. The summed E-state index contributed by atoms with van der Waals surface area (Å²) in [5.41, 5.74) is -1.95. The van der Waals surface area contributed by atoms with Crippen LogP contribution in [0.4, 0.5) is 5.69 Å². The molecule has 0 aliphatic rings. The van der Waals surface area contributed by atoms with Crippen molar-refractivity contribution in [3.63, 3.8) is 0 Å². The largest absolute Gasteiger partial charge is 0.870 e. The van der Waals surface area contributed by atoms with Crippen LogP contribution in [-0.4, -0.2) is 17.5 Å². The molecule has 0 aliphatic heterocycles.